The van der Waals surface area contributed by atoms with E-state index >= 15 is 0 Å². The minimum absolute atomic E-state index is 0.259. The SMILES string of the molecule is Cn1ncc(S(C)(=N)=O)c1CN. The highest BCUT2D eigenvalue weighted by molar-refractivity contribution is 7.91. The van der Waals surface area contributed by atoms with Gasteiger partial charge in [-0.3, -0.25) is 4.68 Å². The maximum atomic E-state index is 11.3. The van der Waals surface area contributed by atoms with Crippen LogP contribution in [0, 0.1) is 4.78 Å². The van der Waals surface area contributed by atoms with Crippen LogP contribution >= 0.6 is 0 Å². The molecule has 0 fully saturated rings. The summed E-state index contributed by atoms with van der Waals surface area (Å²) in [5.41, 5.74) is 6.09. The largest absolute Gasteiger partial charge is 0.325 e. The zero-order valence-corrected chi connectivity index (χ0v) is 7.89. The van der Waals surface area contributed by atoms with Gasteiger partial charge in [0, 0.05) is 19.8 Å². The van der Waals surface area contributed by atoms with Crippen molar-refractivity contribution in [2.24, 2.45) is 12.8 Å². The molecule has 0 aliphatic carbocycles. The van der Waals surface area contributed by atoms with Gasteiger partial charge in [0.1, 0.15) is 0 Å². The zero-order chi connectivity index (χ0) is 9.35. The van der Waals surface area contributed by atoms with E-state index in [1.165, 1.54) is 12.5 Å². The number of aromatic nitrogens is 2. The van der Waals surface area contributed by atoms with Crippen LogP contribution in [0.5, 0.6) is 0 Å². The number of nitrogens with two attached hydrogens (primary N) is 1. The smallest absolute Gasteiger partial charge is 0.0894 e. The highest BCUT2D eigenvalue weighted by Crippen LogP contribution is 2.13. The van der Waals surface area contributed by atoms with Crippen LogP contribution in [0.3, 0.4) is 0 Å². The van der Waals surface area contributed by atoms with E-state index in [1.807, 2.05) is 0 Å². The summed E-state index contributed by atoms with van der Waals surface area (Å²) >= 11 is 0. The molecule has 0 saturated carbocycles. The first-order valence-corrected chi connectivity index (χ1v) is 5.38. The average Bonchev–Trinajstić information content (AvgIpc) is 2.29. The second-order valence-corrected chi connectivity index (χ2v) is 4.75. The van der Waals surface area contributed by atoms with Crippen LogP contribution in [0.4, 0.5) is 0 Å². The summed E-state index contributed by atoms with van der Waals surface area (Å²) in [4.78, 5) is 0.438. The Labute approximate surface area is 71.5 Å². The molecule has 68 valence electrons. The van der Waals surface area contributed by atoms with E-state index in [1.54, 1.807) is 11.7 Å². The lowest BCUT2D eigenvalue weighted by Crippen LogP contribution is -2.08. The zero-order valence-electron chi connectivity index (χ0n) is 7.07. The summed E-state index contributed by atoms with van der Waals surface area (Å²) in [5.74, 6) is 0. The number of hydrogen-bond donors (Lipinski definition) is 2. The number of rotatable bonds is 2. The first-order valence-electron chi connectivity index (χ1n) is 3.41. The molecule has 5 nitrogen and oxygen atoms in total. The van der Waals surface area contributed by atoms with Gasteiger partial charge in [0.15, 0.2) is 0 Å². The van der Waals surface area contributed by atoms with Crippen LogP contribution in [0.1, 0.15) is 5.69 Å². The van der Waals surface area contributed by atoms with Gasteiger partial charge in [-0.25, -0.2) is 8.99 Å². The van der Waals surface area contributed by atoms with Gasteiger partial charge in [0.2, 0.25) is 0 Å². The van der Waals surface area contributed by atoms with E-state index in [2.05, 4.69) is 5.10 Å². The van der Waals surface area contributed by atoms with Crippen molar-refractivity contribution in [3.8, 4) is 0 Å². The van der Waals surface area contributed by atoms with Crippen molar-refractivity contribution in [2.45, 2.75) is 11.4 Å². The summed E-state index contributed by atoms with van der Waals surface area (Å²) in [6.07, 6.45) is 2.81. The molecule has 1 aromatic rings. The van der Waals surface area contributed by atoms with E-state index in [0.29, 0.717) is 10.6 Å². The third kappa shape index (κ3) is 1.49. The molecular formula is C6H12N4OS. The van der Waals surface area contributed by atoms with E-state index in [-0.39, 0.29) is 6.54 Å². The molecule has 6 heteroatoms. The van der Waals surface area contributed by atoms with E-state index < -0.39 is 9.73 Å². The fraction of sp³-hybridized carbons (Fsp3) is 0.500. The van der Waals surface area contributed by atoms with Crippen molar-refractivity contribution in [1.29, 1.82) is 4.78 Å². The highest BCUT2D eigenvalue weighted by Gasteiger charge is 2.12. The molecule has 1 atom stereocenters. The molecule has 0 amide bonds. The molecule has 1 heterocycles. The van der Waals surface area contributed by atoms with Gasteiger partial charge in [-0.2, -0.15) is 5.10 Å². The summed E-state index contributed by atoms with van der Waals surface area (Å²) in [6.45, 7) is 0.259. The fourth-order valence-corrected chi connectivity index (χ4v) is 1.91. The molecule has 3 N–H and O–H groups in total. The Morgan fingerprint density at radius 3 is 2.75 bits per heavy atom. The topological polar surface area (TPSA) is 84.8 Å². The molecule has 12 heavy (non-hydrogen) atoms. The average molecular weight is 188 g/mol. The van der Waals surface area contributed by atoms with Gasteiger partial charge in [-0.1, -0.05) is 0 Å². The maximum absolute atomic E-state index is 11.3. The summed E-state index contributed by atoms with van der Waals surface area (Å²) in [7, 11) is -0.969. The van der Waals surface area contributed by atoms with Crippen molar-refractivity contribution in [3.05, 3.63) is 11.9 Å². The first-order chi connectivity index (χ1) is 5.46. The number of aryl methyl sites for hydroxylation is 1. The third-order valence-corrected chi connectivity index (χ3v) is 2.82. The molecule has 0 bridgehead atoms. The highest BCUT2D eigenvalue weighted by atomic mass is 32.2. The van der Waals surface area contributed by atoms with Crippen molar-refractivity contribution >= 4 is 9.73 Å². The lowest BCUT2D eigenvalue weighted by atomic mass is 10.4. The molecule has 1 aromatic heterocycles. The Balaban J connectivity index is 3.36. The molecular weight excluding hydrogens is 176 g/mol. The predicted octanol–water partition coefficient (Wildman–Crippen LogP) is -0.0857. The van der Waals surface area contributed by atoms with Crippen LogP contribution in [-0.2, 0) is 23.3 Å². The van der Waals surface area contributed by atoms with Crippen LogP contribution in [0.15, 0.2) is 11.1 Å². The molecule has 1 unspecified atom stereocenters. The standard InChI is InChI=1S/C6H12N4OS/c1-10-5(3-7)6(4-9-10)12(2,8)11/h4,8H,3,7H2,1-2H3. The molecule has 0 saturated heterocycles. The first kappa shape index (κ1) is 9.21. The van der Waals surface area contributed by atoms with Gasteiger partial charge < -0.3 is 5.73 Å². The van der Waals surface area contributed by atoms with Gasteiger partial charge in [-0.15, -0.1) is 0 Å². The van der Waals surface area contributed by atoms with Gasteiger partial charge >= 0.3 is 0 Å². The second kappa shape index (κ2) is 2.87. The molecule has 0 aliphatic rings. The second-order valence-electron chi connectivity index (χ2n) is 2.63. The Morgan fingerprint density at radius 1 is 1.83 bits per heavy atom. The van der Waals surface area contributed by atoms with Crippen molar-refractivity contribution < 1.29 is 4.21 Å². The monoisotopic (exact) mass is 188 g/mol. The Hall–Kier alpha value is -0.880. The van der Waals surface area contributed by atoms with E-state index in [9.17, 15) is 4.21 Å². The lowest BCUT2D eigenvalue weighted by Gasteiger charge is -2.01. The van der Waals surface area contributed by atoms with Crippen molar-refractivity contribution in [3.63, 3.8) is 0 Å². The van der Waals surface area contributed by atoms with Gasteiger partial charge in [-0.05, 0) is 0 Å². The quantitative estimate of drug-likeness (QED) is 0.680. The number of nitrogens with zero attached hydrogens (tertiary/aromatic N) is 2. The molecule has 1 rings (SSSR count). The summed E-state index contributed by atoms with van der Waals surface area (Å²) in [5, 5.41) is 3.89. The lowest BCUT2D eigenvalue weighted by molar-refractivity contribution is 0.674. The molecule has 0 spiro atoms. The Morgan fingerprint density at radius 2 is 2.42 bits per heavy atom. The molecule has 0 aliphatic heterocycles. The van der Waals surface area contributed by atoms with Crippen molar-refractivity contribution in [1.82, 2.24) is 9.78 Å². The van der Waals surface area contributed by atoms with E-state index in [4.69, 9.17) is 10.5 Å². The molecule has 0 radical (unpaired) electrons. The minimum atomic E-state index is -2.69. The summed E-state index contributed by atoms with van der Waals surface area (Å²) in [6, 6.07) is 0. The fourth-order valence-electron chi connectivity index (χ4n) is 1.00. The van der Waals surface area contributed by atoms with Crippen LogP contribution < -0.4 is 5.73 Å². The van der Waals surface area contributed by atoms with Crippen LogP contribution in [0.25, 0.3) is 0 Å². The van der Waals surface area contributed by atoms with Crippen LogP contribution in [-0.4, -0.2) is 20.2 Å². The molecule has 0 aromatic carbocycles. The summed E-state index contributed by atoms with van der Waals surface area (Å²) < 4.78 is 20.2. The maximum Gasteiger partial charge on any atom is 0.0894 e. The third-order valence-electron chi connectivity index (χ3n) is 1.64. The van der Waals surface area contributed by atoms with Gasteiger partial charge in [0.05, 0.1) is 26.5 Å². The van der Waals surface area contributed by atoms with Crippen molar-refractivity contribution in [2.75, 3.05) is 6.26 Å². The van der Waals surface area contributed by atoms with Gasteiger partial charge in [0.25, 0.3) is 0 Å². The van der Waals surface area contributed by atoms with E-state index in [0.717, 1.165) is 0 Å². The normalized spacial score (nSPS) is 15.9. The minimum Gasteiger partial charge on any atom is -0.325 e. The Bertz CT molecular complexity index is 378. The van der Waals surface area contributed by atoms with Crippen LogP contribution in [0.2, 0.25) is 0 Å². The number of hydrogen-bond acceptors (Lipinski definition) is 4. The predicted molar refractivity (Wildman–Crippen MR) is 46.2 cm³/mol. The number of nitrogens with one attached hydrogen (secondary N) is 1. The Kier molecular flexibility index (Phi) is 2.20.